The summed E-state index contributed by atoms with van der Waals surface area (Å²) in [6.07, 6.45) is 7.31. The van der Waals surface area contributed by atoms with Gasteiger partial charge in [-0.2, -0.15) is 0 Å². The molecule has 2 aromatic rings. The molecular formula is C14H18N2O. The Morgan fingerprint density at radius 3 is 2.88 bits per heavy atom. The largest absolute Gasteiger partial charge is 0.490 e. The molecule has 1 heterocycles. The molecule has 1 aromatic heterocycles. The quantitative estimate of drug-likeness (QED) is 0.851. The Morgan fingerprint density at radius 1 is 1.29 bits per heavy atom. The predicted octanol–water partition coefficient (Wildman–Crippen LogP) is 2.95. The smallest absolute Gasteiger partial charge is 0.129 e. The van der Waals surface area contributed by atoms with Gasteiger partial charge in [-0.1, -0.05) is 6.07 Å². The lowest BCUT2D eigenvalue weighted by atomic mass is 10.1. The number of aromatic amines is 1. The topological polar surface area (TPSA) is 51.0 Å². The van der Waals surface area contributed by atoms with E-state index < -0.39 is 0 Å². The number of fused-ring (bicyclic) bond motifs is 1. The molecule has 17 heavy (non-hydrogen) atoms. The Balaban J connectivity index is 1.99. The number of ether oxygens (including phenoxy) is 1. The van der Waals surface area contributed by atoms with Gasteiger partial charge in [0.25, 0.3) is 0 Å². The van der Waals surface area contributed by atoms with Crippen molar-refractivity contribution in [2.45, 2.75) is 38.3 Å². The molecule has 90 valence electrons. The van der Waals surface area contributed by atoms with Gasteiger partial charge in [0, 0.05) is 23.6 Å². The summed E-state index contributed by atoms with van der Waals surface area (Å²) in [7, 11) is 0. The lowest BCUT2D eigenvalue weighted by Gasteiger charge is -2.14. The second kappa shape index (κ2) is 4.41. The van der Waals surface area contributed by atoms with Gasteiger partial charge in [-0.3, -0.25) is 0 Å². The van der Waals surface area contributed by atoms with Crippen LogP contribution in [0.1, 0.15) is 31.2 Å². The zero-order valence-corrected chi connectivity index (χ0v) is 9.91. The second-order valence-corrected chi connectivity index (χ2v) is 4.72. The molecule has 3 rings (SSSR count). The summed E-state index contributed by atoms with van der Waals surface area (Å²) < 4.78 is 6.11. The molecule has 3 nitrogen and oxygen atoms in total. The Kier molecular flexibility index (Phi) is 2.77. The lowest BCUT2D eigenvalue weighted by Crippen LogP contribution is -2.11. The summed E-state index contributed by atoms with van der Waals surface area (Å²) in [5, 5.41) is 1.15. The summed E-state index contributed by atoms with van der Waals surface area (Å²) in [6, 6.07) is 6.15. The van der Waals surface area contributed by atoms with Crippen molar-refractivity contribution in [3.05, 3.63) is 30.0 Å². The molecule has 1 aliphatic carbocycles. The first kappa shape index (κ1) is 10.7. The van der Waals surface area contributed by atoms with E-state index >= 15 is 0 Å². The molecule has 0 atom stereocenters. The van der Waals surface area contributed by atoms with E-state index in [9.17, 15) is 0 Å². The van der Waals surface area contributed by atoms with Crippen LogP contribution in [0.25, 0.3) is 10.9 Å². The van der Waals surface area contributed by atoms with E-state index in [-0.39, 0.29) is 0 Å². The fourth-order valence-corrected chi connectivity index (χ4v) is 2.66. The molecule has 1 aromatic carbocycles. The zero-order valence-electron chi connectivity index (χ0n) is 9.91. The maximum absolute atomic E-state index is 6.11. The fraction of sp³-hybridized carbons (Fsp3) is 0.429. The molecule has 3 N–H and O–H groups in total. The normalized spacial score (nSPS) is 16.8. The van der Waals surface area contributed by atoms with Gasteiger partial charge < -0.3 is 15.5 Å². The van der Waals surface area contributed by atoms with Gasteiger partial charge in [0.2, 0.25) is 0 Å². The molecule has 1 saturated carbocycles. The predicted molar refractivity (Wildman–Crippen MR) is 69.1 cm³/mol. The number of rotatable bonds is 3. The summed E-state index contributed by atoms with van der Waals surface area (Å²) in [5.74, 6) is 0.983. The van der Waals surface area contributed by atoms with Crippen LogP contribution in [0.5, 0.6) is 5.75 Å². The average molecular weight is 230 g/mol. The standard InChI is InChI=1S/C14H18N2O/c15-8-10-9-16-12-6-3-7-13(14(10)12)17-11-4-1-2-5-11/h3,6-7,9,11,16H,1-2,4-5,8,15H2. The second-order valence-electron chi connectivity index (χ2n) is 4.72. The Bertz CT molecular complexity index is 512. The van der Waals surface area contributed by atoms with Crippen molar-refractivity contribution in [1.82, 2.24) is 4.98 Å². The molecule has 0 spiro atoms. The van der Waals surface area contributed by atoms with Crippen molar-refractivity contribution >= 4 is 10.9 Å². The SMILES string of the molecule is NCc1c[nH]c2cccc(OC3CCCC3)c12. The number of aromatic nitrogens is 1. The van der Waals surface area contributed by atoms with E-state index in [4.69, 9.17) is 10.5 Å². The number of hydrogen-bond donors (Lipinski definition) is 2. The van der Waals surface area contributed by atoms with E-state index in [1.165, 1.54) is 25.7 Å². The summed E-state index contributed by atoms with van der Waals surface area (Å²) in [6.45, 7) is 0.547. The Hall–Kier alpha value is -1.48. The van der Waals surface area contributed by atoms with Gasteiger partial charge in [-0.15, -0.1) is 0 Å². The molecular weight excluding hydrogens is 212 g/mol. The average Bonchev–Trinajstić information content (AvgIpc) is 2.97. The first-order chi connectivity index (χ1) is 8.38. The van der Waals surface area contributed by atoms with Crippen LogP contribution >= 0.6 is 0 Å². The van der Waals surface area contributed by atoms with E-state index in [0.29, 0.717) is 12.6 Å². The molecule has 0 amide bonds. The molecule has 3 heteroatoms. The van der Waals surface area contributed by atoms with E-state index in [1.807, 2.05) is 18.3 Å². The highest BCUT2D eigenvalue weighted by Gasteiger charge is 2.18. The third kappa shape index (κ3) is 1.91. The first-order valence-corrected chi connectivity index (χ1v) is 6.34. The van der Waals surface area contributed by atoms with E-state index in [2.05, 4.69) is 11.1 Å². The van der Waals surface area contributed by atoms with E-state index in [0.717, 1.165) is 22.2 Å². The zero-order chi connectivity index (χ0) is 11.7. The van der Waals surface area contributed by atoms with Crippen molar-refractivity contribution < 1.29 is 4.74 Å². The Morgan fingerprint density at radius 2 is 2.12 bits per heavy atom. The highest BCUT2D eigenvalue weighted by atomic mass is 16.5. The summed E-state index contributed by atoms with van der Waals surface area (Å²) >= 11 is 0. The van der Waals surface area contributed by atoms with Gasteiger partial charge in [0.05, 0.1) is 6.10 Å². The monoisotopic (exact) mass is 230 g/mol. The highest BCUT2D eigenvalue weighted by molar-refractivity contribution is 5.89. The van der Waals surface area contributed by atoms with E-state index in [1.54, 1.807) is 0 Å². The van der Waals surface area contributed by atoms with Gasteiger partial charge in [-0.05, 0) is 43.4 Å². The maximum atomic E-state index is 6.11. The van der Waals surface area contributed by atoms with Gasteiger partial charge in [0.1, 0.15) is 5.75 Å². The highest BCUT2D eigenvalue weighted by Crippen LogP contribution is 2.32. The minimum atomic E-state index is 0.390. The molecule has 0 saturated heterocycles. The summed E-state index contributed by atoms with van der Waals surface area (Å²) in [4.78, 5) is 3.24. The van der Waals surface area contributed by atoms with Crippen LogP contribution in [0.2, 0.25) is 0 Å². The molecule has 1 fully saturated rings. The van der Waals surface area contributed by atoms with Gasteiger partial charge in [-0.25, -0.2) is 0 Å². The van der Waals surface area contributed by atoms with Crippen LogP contribution in [0.15, 0.2) is 24.4 Å². The lowest BCUT2D eigenvalue weighted by molar-refractivity contribution is 0.212. The summed E-state index contributed by atoms with van der Waals surface area (Å²) in [5.41, 5.74) is 8.01. The molecule has 0 bridgehead atoms. The number of H-pyrrole nitrogens is 1. The molecule has 0 radical (unpaired) electrons. The van der Waals surface area contributed by atoms with Crippen molar-refractivity contribution in [3.8, 4) is 5.75 Å². The molecule has 0 unspecified atom stereocenters. The van der Waals surface area contributed by atoms with Crippen molar-refractivity contribution in [2.75, 3.05) is 0 Å². The minimum Gasteiger partial charge on any atom is -0.490 e. The number of benzene rings is 1. The van der Waals surface area contributed by atoms with Crippen LogP contribution in [-0.2, 0) is 6.54 Å². The van der Waals surface area contributed by atoms with Crippen molar-refractivity contribution in [1.29, 1.82) is 0 Å². The number of nitrogens with one attached hydrogen (secondary N) is 1. The molecule has 1 aliphatic rings. The van der Waals surface area contributed by atoms with Crippen LogP contribution < -0.4 is 10.5 Å². The first-order valence-electron chi connectivity index (χ1n) is 6.34. The van der Waals surface area contributed by atoms with Crippen molar-refractivity contribution in [3.63, 3.8) is 0 Å². The third-order valence-electron chi connectivity index (χ3n) is 3.56. The van der Waals surface area contributed by atoms with Crippen LogP contribution in [0, 0.1) is 0 Å². The van der Waals surface area contributed by atoms with Crippen molar-refractivity contribution in [2.24, 2.45) is 5.73 Å². The third-order valence-corrected chi connectivity index (χ3v) is 3.56. The number of nitrogens with two attached hydrogens (primary N) is 1. The Labute approximate surface area is 101 Å². The number of hydrogen-bond acceptors (Lipinski definition) is 2. The minimum absolute atomic E-state index is 0.390. The molecule has 0 aliphatic heterocycles. The van der Waals surface area contributed by atoms with Gasteiger partial charge in [0.15, 0.2) is 0 Å². The van der Waals surface area contributed by atoms with Crippen LogP contribution in [0.3, 0.4) is 0 Å². The van der Waals surface area contributed by atoms with Crippen LogP contribution in [0.4, 0.5) is 0 Å². The maximum Gasteiger partial charge on any atom is 0.129 e. The fourth-order valence-electron chi connectivity index (χ4n) is 2.66. The van der Waals surface area contributed by atoms with Gasteiger partial charge >= 0.3 is 0 Å². The van der Waals surface area contributed by atoms with Crippen LogP contribution in [-0.4, -0.2) is 11.1 Å².